The molecule has 4 N–H and O–H groups in total. The molecule has 0 bridgehead atoms. The average Bonchev–Trinajstić information content (AvgIpc) is 2.36. The molecule has 2 rings (SSSR count). The second-order valence-corrected chi connectivity index (χ2v) is 5.59. The van der Waals surface area contributed by atoms with Crippen LogP contribution in [0.25, 0.3) is 0 Å². The first-order chi connectivity index (χ1) is 9.11. The highest BCUT2D eigenvalue weighted by atomic mass is 35.5. The van der Waals surface area contributed by atoms with Crippen molar-refractivity contribution in [2.75, 3.05) is 17.2 Å². The van der Waals surface area contributed by atoms with Crippen LogP contribution in [-0.4, -0.2) is 15.7 Å². The summed E-state index contributed by atoms with van der Waals surface area (Å²) in [5, 5.41) is 1.30. The number of thioether (sulfide) groups is 1. The first-order valence-electron chi connectivity index (χ1n) is 5.90. The lowest BCUT2D eigenvalue weighted by molar-refractivity contribution is 0.955. The molecule has 0 aliphatic rings. The van der Waals surface area contributed by atoms with Crippen LogP contribution in [0.3, 0.4) is 0 Å². The van der Waals surface area contributed by atoms with Crippen molar-refractivity contribution in [1.29, 1.82) is 0 Å². The number of rotatable bonds is 4. The Balaban J connectivity index is 0. The quantitative estimate of drug-likeness (QED) is 0.588. The summed E-state index contributed by atoms with van der Waals surface area (Å²) in [4.78, 5) is 8.51. The van der Waals surface area contributed by atoms with Gasteiger partial charge in [-0.1, -0.05) is 48.5 Å². The van der Waals surface area contributed by atoms with Crippen LogP contribution in [0.5, 0.6) is 0 Å². The molecule has 1 aromatic carbocycles. The smallest absolute Gasteiger partial charge is 0.191 e. The predicted molar refractivity (Wildman–Crippen MR) is 103 cm³/mol. The summed E-state index contributed by atoms with van der Waals surface area (Å²) in [6.07, 6.45) is 0.536. The van der Waals surface area contributed by atoms with Gasteiger partial charge in [0.2, 0.25) is 0 Å². The van der Waals surface area contributed by atoms with Gasteiger partial charge in [-0.2, -0.15) is 0 Å². The van der Waals surface area contributed by atoms with Crippen LogP contribution in [0.4, 0.5) is 11.6 Å². The Bertz CT molecular complexity index is 575. The SMILES string of the molecule is CCSc1nc(N)c(Cc2ccccc2Cl)c(N)n1.Cl.Cl.Cl. The van der Waals surface area contributed by atoms with Crippen LogP contribution in [0.15, 0.2) is 29.4 Å². The fourth-order valence-electron chi connectivity index (χ4n) is 1.70. The molecule has 0 saturated carbocycles. The summed E-state index contributed by atoms with van der Waals surface area (Å²) in [5.74, 6) is 1.72. The van der Waals surface area contributed by atoms with E-state index in [2.05, 4.69) is 9.97 Å². The molecule has 1 aromatic heterocycles. The Morgan fingerprint density at radius 2 is 1.59 bits per heavy atom. The van der Waals surface area contributed by atoms with Gasteiger partial charge in [0.15, 0.2) is 5.16 Å². The van der Waals surface area contributed by atoms with Gasteiger partial charge in [-0.05, 0) is 17.4 Å². The molecule has 22 heavy (non-hydrogen) atoms. The molecule has 0 unspecified atom stereocenters. The van der Waals surface area contributed by atoms with E-state index in [0.717, 1.165) is 16.9 Å². The van der Waals surface area contributed by atoms with Crippen molar-refractivity contribution in [2.24, 2.45) is 0 Å². The number of hydrogen-bond acceptors (Lipinski definition) is 5. The van der Waals surface area contributed by atoms with Crippen LogP contribution in [0.2, 0.25) is 5.02 Å². The zero-order chi connectivity index (χ0) is 13.8. The lowest BCUT2D eigenvalue weighted by atomic mass is 10.1. The molecule has 0 aliphatic carbocycles. The lowest BCUT2D eigenvalue weighted by Gasteiger charge is -2.10. The second-order valence-electron chi connectivity index (χ2n) is 3.96. The Labute approximate surface area is 158 Å². The highest BCUT2D eigenvalue weighted by molar-refractivity contribution is 7.99. The summed E-state index contributed by atoms with van der Waals surface area (Å²) < 4.78 is 0. The van der Waals surface area contributed by atoms with E-state index >= 15 is 0 Å². The second kappa shape index (κ2) is 11.0. The normalized spacial score (nSPS) is 9.18. The van der Waals surface area contributed by atoms with Crippen LogP contribution in [0, 0.1) is 0 Å². The van der Waals surface area contributed by atoms with E-state index in [1.165, 1.54) is 11.8 Å². The van der Waals surface area contributed by atoms with Crippen molar-refractivity contribution < 1.29 is 0 Å². The van der Waals surface area contributed by atoms with E-state index in [0.29, 0.717) is 28.2 Å². The molecule has 2 aromatic rings. The number of hydrogen-bond donors (Lipinski definition) is 2. The monoisotopic (exact) mass is 402 g/mol. The van der Waals surface area contributed by atoms with Gasteiger partial charge in [0, 0.05) is 17.0 Å². The first-order valence-corrected chi connectivity index (χ1v) is 7.26. The molecule has 0 atom stereocenters. The molecule has 0 saturated heterocycles. The maximum atomic E-state index is 6.13. The Morgan fingerprint density at radius 3 is 2.09 bits per heavy atom. The van der Waals surface area contributed by atoms with Crippen molar-refractivity contribution in [2.45, 2.75) is 18.5 Å². The third-order valence-electron chi connectivity index (χ3n) is 2.65. The molecule has 0 spiro atoms. The molecule has 0 fully saturated rings. The van der Waals surface area contributed by atoms with Crippen LogP contribution >= 0.6 is 60.6 Å². The molecule has 0 radical (unpaired) electrons. The molecule has 0 aliphatic heterocycles. The van der Waals surface area contributed by atoms with Crippen molar-refractivity contribution in [3.8, 4) is 0 Å². The predicted octanol–water partition coefficient (Wildman–Crippen LogP) is 4.26. The van der Waals surface area contributed by atoms with E-state index in [4.69, 9.17) is 23.1 Å². The van der Waals surface area contributed by atoms with Crippen molar-refractivity contribution in [3.05, 3.63) is 40.4 Å². The van der Waals surface area contributed by atoms with E-state index < -0.39 is 0 Å². The summed E-state index contributed by atoms with van der Waals surface area (Å²) in [7, 11) is 0. The number of aromatic nitrogens is 2. The number of anilines is 2. The van der Waals surface area contributed by atoms with E-state index in [9.17, 15) is 0 Å². The number of nitrogens with zero attached hydrogens (tertiary/aromatic N) is 2. The fraction of sp³-hybridized carbons (Fsp3) is 0.231. The number of benzene rings is 1. The van der Waals surface area contributed by atoms with Gasteiger partial charge in [0.05, 0.1) is 0 Å². The zero-order valence-electron chi connectivity index (χ0n) is 11.8. The summed E-state index contributed by atoms with van der Waals surface area (Å²) in [6.45, 7) is 2.03. The van der Waals surface area contributed by atoms with E-state index in [-0.39, 0.29) is 37.2 Å². The lowest BCUT2D eigenvalue weighted by Crippen LogP contribution is -2.07. The minimum Gasteiger partial charge on any atom is -0.383 e. The molecular weight excluding hydrogens is 386 g/mol. The molecule has 9 heteroatoms. The average molecular weight is 404 g/mol. The molecule has 4 nitrogen and oxygen atoms in total. The fourth-order valence-corrected chi connectivity index (χ4v) is 2.49. The standard InChI is InChI=1S/C13H15ClN4S.3ClH/c1-2-19-13-17-11(15)9(12(16)18-13)7-8-5-3-4-6-10(8)14;;;/h3-6H,2,7H2,1H3,(H4,15,16,17,18);3*1H. The zero-order valence-corrected chi connectivity index (χ0v) is 15.8. The topological polar surface area (TPSA) is 77.8 Å². The third-order valence-corrected chi connectivity index (χ3v) is 3.75. The van der Waals surface area contributed by atoms with Crippen molar-refractivity contribution in [3.63, 3.8) is 0 Å². The highest BCUT2D eigenvalue weighted by Gasteiger charge is 2.12. The third kappa shape index (κ3) is 5.89. The number of nitrogen functional groups attached to an aromatic ring is 2. The van der Waals surface area contributed by atoms with Gasteiger partial charge in [0.1, 0.15) is 11.6 Å². The largest absolute Gasteiger partial charge is 0.383 e. The van der Waals surface area contributed by atoms with Crippen LogP contribution in [0.1, 0.15) is 18.1 Å². The Morgan fingerprint density at radius 1 is 1.05 bits per heavy atom. The molecule has 0 amide bonds. The minimum atomic E-state index is 0. The Hall–Kier alpha value is -0.590. The highest BCUT2D eigenvalue weighted by Crippen LogP contribution is 2.26. The van der Waals surface area contributed by atoms with Gasteiger partial charge in [-0.25, -0.2) is 9.97 Å². The van der Waals surface area contributed by atoms with Crippen molar-refractivity contribution in [1.82, 2.24) is 9.97 Å². The van der Waals surface area contributed by atoms with Crippen LogP contribution < -0.4 is 11.5 Å². The van der Waals surface area contributed by atoms with Gasteiger partial charge in [-0.15, -0.1) is 37.2 Å². The van der Waals surface area contributed by atoms with E-state index in [1.54, 1.807) is 0 Å². The molecule has 124 valence electrons. The summed E-state index contributed by atoms with van der Waals surface area (Å²) in [6, 6.07) is 7.59. The first kappa shape index (κ1) is 23.7. The van der Waals surface area contributed by atoms with Gasteiger partial charge < -0.3 is 11.5 Å². The summed E-state index contributed by atoms with van der Waals surface area (Å²) >= 11 is 7.65. The maximum Gasteiger partial charge on any atom is 0.191 e. The maximum absolute atomic E-state index is 6.13. The Kier molecular flexibility index (Phi) is 11.9. The van der Waals surface area contributed by atoms with E-state index in [1.807, 2.05) is 31.2 Å². The van der Waals surface area contributed by atoms with Crippen LogP contribution in [-0.2, 0) is 6.42 Å². The van der Waals surface area contributed by atoms with Gasteiger partial charge in [-0.3, -0.25) is 0 Å². The number of nitrogens with two attached hydrogens (primary N) is 2. The molecule has 1 heterocycles. The van der Waals surface area contributed by atoms with Gasteiger partial charge in [0.25, 0.3) is 0 Å². The minimum absolute atomic E-state index is 0. The number of halogens is 4. The summed E-state index contributed by atoms with van der Waals surface area (Å²) in [5.41, 5.74) is 13.6. The van der Waals surface area contributed by atoms with Crippen molar-refractivity contribution >= 4 is 72.2 Å². The molecular formula is C13H18Cl4N4S. The van der Waals surface area contributed by atoms with Gasteiger partial charge >= 0.3 is 0 Å².